The average Bonchev–Trinajstić information content (AvgIpc) is 3.44. The van der Waals surface area contributed by atoms with E-state index < -0.39 is 65.9 Å². The summed E-state index contributed by atoms with van der Waals surface area (Å²) in [4.78, 5) is 30.0. The molecule has 0 aromatic heterocycles. The summed E-state index contributed by atoms with van der Waals surface area (Å²) < 4.78 is 128. The van der Waals surface area contributed by atoms with Crippen LogP contribution in [0.4, 0.5) is 17.6 Å². The fourth-order valence-corrected chi connectivity index (χ4v) is 18.7. The molecule has 0 spiro atoms. The van der Waals surface area contributed by atoms with Crippen LogP contribution in [0, 0.1) is 69.6 Å². The molecular weight excluding hydrogens is 1110 g/mol. The second-order valence-electron chi connectivity index (χ2n) is 22.3. The number of rotatable bonds is 14. The number of esters is 2. The summed E-state index contributed by atoms with van der Waals surface area (Å²) in [5.41, 5.74) is -0.747. The first-order valence-corrected chi connectivity index (χ1v) is 32.6. The van der Waals surface area contributed by atoms with Crippen LogP contribution in [0.25, 0.3) is 0 Å². The first-order valence-electron chi connectivity index (χ1n) is 27.0. The van der Waals surface area contributed by atoms with Gasteiger partial charge in [-0.3, -0.25) is 9.59 Å². The Labute approximate surface area is 472 Å². The number of hydrogen-bond acceptors (Lipinski definition) is 10. The molecule has 0 saturated heterocycles. The van der Waals surface area contributed by atoms with Gasteiger partial charge in [-0.2, -0.15) is 0 Å². The van der Waals surface area contributed by atoms with Gasteiger partial charge in [0.2, 0.25) is 0 Å². The zero-order chi connectivity index (χ0) is 56.7. The molecule has 0 radical (unpaired) electrons. The Balaban J connectivity index is 0.000000129. The molecule has 0 N–H and O–H groups in total. The Kier molecular flexibility index (Phi) is 19.0. The third-order valence-electron chi connectivity index (χ3n) is 16.1. The summed E-state index contributed by atoms with van der Waals surface area (Å²) in [6.45, 7) is -0.598. The minimum atomic E-state index is -4.30. The lowest BCUT2D eigenvalue weighted by Crippen LogP contribution is -2.50. The van der Waals surface area contributed by atoms with Crippen molar-refractivity contribution in [3.8, 4) is 0 Å². The molecule has 18 heteroatoms. The van der Waals surface area contributed by atoms with E-state index in [4.69, 9.17) is 9.47 Å². The lowest BCUT2D eigenvalue weighted by molar-refractivity contribution is -0.171. The second-order valence-corrected chi connectivity index (χ2v) is 29.4. The first kappa shape index (κ1) is 59.1. The van der Waals surface area contributed by atoms with Crippen LogP contribution in [0.1, 0.15) is 77.0 Å². The van der Waals surface area contributed by atoms with E-state index in [1.54, 1.807) is 30.3 Å². The summed E-state index contributed by atoms with van der Waals surface area (Å²) in [5, 5.41) is 0. The van der Waals surface area contributed by atoms with Gasteiger partial charge >= 0.3 is 11.9 Å². The Bertz CT molecular complexity index is 2960. The van der Waals surface area contributed by atoms with Gasteiger partial charge in [0.05, 0.1) is 64.4 Å². The third-order valence-corrected chi connectivity index (χ3v) is 21.9. The maximum Gasteiger partial charge on any atom is 0.312 e. The van der Waals surface area contributed by atoms with Crippen LogP contribution < -0.4 is 0 Å². The highest BCUT2D eigenvalue weighted by Gasteiger charge is 2.57. The fourth-order valence-electron chi connectivity index (χ4n) is 13.8. The summed E-state index contributed by atoms with van der Waals surface area (Å²) >= 11 is 0. The minimum Gasteiger partial charge on any atom is -0.748 e. The molecule has 424 valence electrons. The highest BCUT2D eigenvalue weighted by atomic mass is 32.2. The monoisotopic (exact) mass is 1170 g/mol. The van der Waals surface area contributed by atoms with Crippen molar-refractivity contribution in [1.82, 2.24) is 0 Å². The predicted molar refractivity (Wildman–Crippen MR) is 295 cm³/mol. The topological polar surface area (TPSA) is 167 Å². The number of halogens is 4. The van der Waals surface area contributed by atoms with Gasteiger partial charge in [0.15, 0.2) is 29.4 Å². The van der Waals surface area contributed by atoms with Gasteiger partial charge in [-0.15, -0.1) is 0 Å². The molecule has 6 aromatic rings. The van der Waals surface area contributed by atoms with E-state index in [0.717, 1.165) is 50.7 Å². The minimum absolute atomic E-state index is 0.0146. The van der Waals surface area contributed by atoms with E-state index in [1.807, 2.05) is 0 Å². The molecule has 0 amide bonds. The summed E-state index contributed by atoms with van der Waals surface area (Å²) in [5.74, 6) is -0.857. The van der Waals surface area contributed by atoms with E-state index >= 15 is 0 Å². The normalized spacial score (nSPS) is 24.9. The summed E-state index contributed by atoms with van der Waals surface area (Å²) in [6, 6.07) is 47.3. The van der Waals surface area contributed by atoms with Crippen LogP contribution >= 0.6 is 0 Å². The molecule has 10 nitrogen and oxygen atoms in total. The largest absolute Gasteiger partial charge is 0.748 e. The number of hydrogen-bond donors (Lipinski definition) is 0. The van der Waals surface area contributed by atoms with Crippen molar-refractivity contribution in [1.29, 1.82) is 0 Å². The number of carbonyl (C=O) groups excluding carboxylic acids is 2. The zero-order valence-corrected chi connectivity index (χ0v) is 47.3. The first-order chi connectivity index (χ1) is 38.2. The smallest absolute Gasteiger partial charge is 0.312 e. The molecule has 80 heavy (non-hydrogen) atoms. The van der Waals surface area contributed by atoms with Crippen molar-refractivity contribution in [2.45, 2.75) is 106 Å². The van der Waals surface area contributed by atoms with E-state index in [0.29, 0.717) is 50.2 Å². The van der Waals surface area contributed by atoms with E-state index in [1.165, 1.54) is 77.5 Å². The molecule has 6 aromatic carbocycles. The van der Waals surface area contributed by atoms with Gasteiger partial charge in [0.1, 0.15) is 36.5 Å². The fraction of sp³-hybridized carbons (Fsp3) is 0.387. The van der Waals surface area contributed by atoms with Crippen molar-refractivity contribution in [3.63, 3.8) is 0 Å². The van der Waals surface area contributed by atoms with Gasteiger partial charge in [0.25, 0.3) is 0 Å². The maximum absolute atomic E-state index is 13.6. The quantitative estimate of drug-likeness (QED) is 0.0443. The van der Waals surface area contributed by atoms with Crippen molar-refractivity contribution < 1.29 is 62.6 Å². The predicted octanol–water partition coefficient (Wildman–Crippen LogP) is 12.7. The molecule has 8 aliphatic carbocycles. The van der Waals surface area contributed by atoms with Gasteiger partial charge in [0, 0.05) is 36.4 Å². The van der Waals surface area contributed by atoms with Gasteiger partial charge < -0.3 is 18.6 Å². The van der Waals surface area contributed by atoms with E-state index in [-0.39, 0.29) is 46.9 Å². The lowest BCUT2D eigenvalue weighted by atomic mass is 9.49. The second kappa shape index (κ2) is 25.7. The number of carbonyl (C=O) groups is 2. The molecule has 0 unspecified atom stereocenters. The Morgan fingerprint density at radius 2 is 0.625 bits per heavy atom. The van der Waals surface area contributed by atoms with Crippen molar-refractivity contribution in [2.75, 3.05) is 24.7 Å². The standard InChI is InChI=1S/C18H11F4S.C18H15S.2C13H20O5S/c19-12-6-13(20)9-17(8-12)23(16-4-2-1-3-5-16)18-10-14(21)7-15(22)11-18;1-4-10-16(11-5-1)19(17-12-6-2-7-13-17)18-14-8-3-9-15-18;2*14-12(18-1-2-19(15,16)17)13-6-9-3-10(7-13)5-11(4-9)8-13/h1-11H;1-15H;2*9-11H,1-8H2,(H,15,16,17)/q2*+1;;/p-2. The third kappa shape index (κ3) is 15.5. The SMILES string of the molecule is Fc1cc(F)cc([S+](c2ccccc2)c2cc(F)cc(F)c2)c1.O=C(OCCS(=O)(=O)[O-])C12CC3CC(CC(C3)C1)C2.O=C(OCCS(=O)(=O)[O-])C12CC3CC(CC(C3)C1)C2.c1ccc([S+](c2ccccc2)c2ccccc2)cc1. The van der Waals surface area contributed by atoms with Crippen LogP contribution in [-0.2, 0) is 61.1 Å². The highest BCUT2D eigenvalue weighted by molar-refractivity contribution is 7.97. The Hall–Kier alpha value is -5.50. The van der Waals surface area contributed by atoms with E-state index in [2.05, 4.69) is 91.0 Å². The Morgan fingerprint density at radius 3 is 0.850 bits per heavy atom. The molecule has 8 aliphatic rings. The van der Waals surface area contributed by atoms with Gasteiger partial charge in [-0.25, -0.2) is 34.4 Å². The van der Waals surface area contributed by atoms with Crippen molar-refractivity contribution in [3.05, 3.63) is 181 Å². The zero-order valence-electron chi connectivity index (χ0n) is 44.0. The van der Waals surface area contributed by atoms with Crippen LogP contribution in [0.2, 0.25) is 0 Å². The molecule has 8 saturated carbocycles. The average molecular weight is 1170 g/mol. The Morgan fingerprint density at radius 1 is 0.400 bits per heavy atom. The number of benzene rings is 6. The summed E-state index contributed by atoms with van der Waals surface area (Å²) in [6.07, 6.45) is 12.8. The summed E-state index contributed by atoms with van der Waals surface area (Å²) in [7, 11) is -9.64. The molecule has 14 rings (SSSR count). The molecule has 0 heterocycles. The van der Waals surface area contributed by atoms with Gasteiger partial charge in [-0.1, -0.05) is 72.8 Å². The number of ether oxygens (including phenoxy) is 2. The van der Waals surface area contributed by atoms with E-state index in [9.17, 15) is 53.1 Å². The van der Waals surface area contributed by atoms with Crippen LogP contribution in [0.3, 0.4) is 0 Å². The molecule has 8 fully saturated rings. The maximum atomic E-state index is 13.6. The van der Waals surface area contributed by atoms with Crippen LogP contribution in [0.5, 0.6) is 0 Å². The van der Waals surface area contributed by atoms with Crippen molar-refractivity contribution in [2.24, 2.45) is 46.3 Å². The van der Waals surface area contributed by atoms with Crippen LogP contribution in [-0.4, -0.2) is 62.6 Å². The molecule has 8 bridgehead atoms. The van der Waals surface area contributed by atoms with Gasteiger partial charge in [-0.05, 0) is 161 Å². The van der Waals surface area contributed by atoms with Crippen LogP contribution in [0.15, 0.2) is 187 Å². The highest BCUT2D eigenvalue weighted by Crippen LogP contribution is 2.61. The molecule has 0 atom stereocenters. The molecular formula is C62H64F4O10S4. The lowest BCUT2D eigenvalue weighted by Gasteiger charge is -2.55. The van der Waals surface area contributed by atoms with Crippen molar-refractivity contribution >= 4 is 54.0 Å². The molecule has 0 aliphatic heterocycles.